The second kappa shape index (κ2) is 5.52. The van der Waals surface area contributed by atoms with Crippen LogP contribution in [-0.2, 0) is 9.53 Å². The molecule has 5 heteroatoms. The minimum atomic E-state index is -0.835. The van der Waals surface area contributed by atoms with Gasteiger partial charge in [-0.2, -0.15) is 0 Å². The minimum absolute atomic E-state index is 0.289. The second-order valence-corrected chi connectivity index (χ2v) is 1.91. The Bertz CT molecular complexity index is 147. The fourth-order valence-electron chi connectivity index (χ4n) is 0.398. The van der Waals surface area contributed by atoms with Crippen molar-refractivity contribution < 1.29 is 14.3 Å². The molecule has 0 bridgehead atoms. The number of amides is 2. The largest absolute Gasteiger partial charge is 0.450 e. The minimum Gasteiger partial charge on any atom is -0.450 e. The molecule has 5 nitrogen and oxygen atoms in total. The second-order valence-electron chi connectivity index (χ2n) is 1.91. The lowest BCUT2D eigenvalue weighted by Crippen LogP contribution is -2.30. The summed E-state index contributed by atoms with van der Waals surface area (Å²) < 4.78 is 4.56. The average Bonchev–Trinajstić information content (AvgIpc) is 1.97. The lowest BCUT2D eigenvalue weighted by molar-refractivity contribution is -0.117. The fourth-order valence-corrected chi connectivity index (χ4v) is 0.398. The first kappa shape index (κ1) is 9.74. The smallest absolute Gasteiger partial charge is 0.407 e. The molecule has 0 saturated carbocycles. The maximum absolute atomic E-state index is 10.5. The zero-order valence-electron chi connectivity index (χ0n) is 6.35. The van der Waals surface area contributed by atoms with Crippen LogP contribution in [0, 0.1) is 0 Å². The fraction of sp³-hybridized carbons (Fsp3) is 0.667. The van der Waals surface area contributed by atoms with Crippen molar-refractivity contribution in [2.45, 2.75) is 13.3 Å². The normalized spacial score (nSPS) is 8.82. The lowest BCUT2D eigenvalue weighted by atomic mass is 10.5. The standard InChI is InChI=1S/C6H11N2O3/c1-2-3-11-6(10)8-4-5(7)9/h7H,2-4H2,1H3,(H,8,10). The van der Waals surface area contributed by atoms with Gasteiger partial charge in [0.2, 0.25) is 0 Å². The van der Waals surface area contributed by atoms with Crippen molar-refractivity contribution >= 4 is 12.0 Å². The number of nitrogens with one attached hydrogen (secondary N) is 2. The monoisotopic (exact) mass is 159 g/mol. The highest BCUT2D eigenvalue weighted by atomic mass is 16.5. The van der Waals surface area contributed by atoms with E-state index in [4.69, 9.17) is 5.73 Å². The predicted octanol–water partition coefficient (Wildman–Crippen LogP) is -0.0679. The van der Waals surface area contributed by atoms with Crippen molar-refractivity contribution in [2.75, 3.05) is 13.2 Å². The van der Waals surface area contributed by atoms with Crippen LogP contribution in [0.1, 0.15) is 13.3 Å². The summed E-state index contributed by atoms with van der Waals surface area (Å²) in [6.45, 7) is 1.91. The van der Waals surface area contributed by atoms with Crippen LogP contribution in [0.15, 0.2) is 0 Å². The van der Waals surface area contributed by atoms with E-state index in [1.165, 1.54) is 0 Å². The van der Waals surface area contributed by atoms with Crippen LogP contribution in [0.3, 0.4) is 0 Å². The molecule has 0 spiro atoms. The van der Waals surface area contributed by atoms with Crippen molar-refractivity contribution in [2.24, 2.45) is 0 Å². The van der Waals surface area contributed by atoms with Gasteiger partial charge in [-0.05, 0) is 6.42 Å². The number of carbonyl (C=O) groups excluding carboxylic acids is 2. The number of rotatable bonds is 4. The molecule has 0 unspecified atom stereocenters. The molecular formula is C6H11N2O3. The van der Waals surface area contributed by atoms with Crippen molar-refractivity contribution in [3.63, 3.8) is 0 Å². The van der Waals surface area contributed by atoms with Gasteiger partial charge in [0.05, 0.1) is 6.61 Å². The Labute approximate surface area is 64.9 Å². The zero-order chi connectivity index (χ0) is 8.69. The van der Waals surface area contributed by atoms with Crippen LogP contribution in [0.2, 0.25) is 0 Å². The molecule has 0 aromatic heterocycles. The van der Waals surface area contributed by atoms with Gasteiger partial charge in [-0.1, -0.05) is 6.92 Å². The number of carbonyl (C=O) groups is 2. The molecule has 63 valence electrons. The van der Waals surface area contributed by atoms with Gasteiger partial charge in [-0.25, -0.2) is 4.79 Å². The Morgan fingerprint density at radius 3 is 2.64 bits per heavy atom. The van der Waals surface area contributed by atoms with E-state index in [1.807, 2.05) is 6.92 Å². The molecule has 0 aliphatic heterocycles. The van der Waals surface area contributed by atoms with E-state index >= 15 is 0 Å². The Kier molecular flexibility index (Phi) is 4.89. The Hall–Kier alpha value is -1.26. The van der Waals surface area contributed by atoms with Gasteiger partial charge in [0.25, 0.3) is 5.91 Å². The third-order valence-electron chi connectivity index (χ3n) is 0.831. The summed E-state index contributed by atoms with van der Waals surface area (Å²) in [5.41, 5.74) is 6.44. The maximum atomic E-state index is 10.5. The lowest BCUT2D eigenvalue weighted by Gasteiger charge is -2.02. The molecule has 2 N–H and O–H groups in total. The molecule has 0 aromatic rings. The van der Waals surface area contributed by atoms with Crippen LogP contribution in [0.4, 0.5) is 4.79 Å². The first-order chi connectivity index (χ1) is 5.16. The van der Waals surface area contributed by atoms with E-state index in [1.54, 1.807) is 0 Å². The zero-order valence-corrected chi connectivity index (χ0v) is 6.35. The van der Waals surface area contributed by atoms with E-state index in [0.29, 0.717) is 6.61 Å². The van der Waals surface area contributed by atoms with Gasteiger partial charge in [0.1, 0.15) is 6.54 Å². The Morgan fingerprint density at radius 1 is 1.55 bits per heavy atom. The predicted molar refractivity (Wildman–Crippen MR) is 37.7 cm³/mol. The van der Waals surface area contributed by atoms with Gasteiger partial charge < -0.3 is 10.1 Å². The molecule has 0 aliphatic rings. The molecule has 0 atom stereocenters. The molecule has 2 amide bonds. The van der Waals surface area contributed by atoms with Crippen LogP contribution in [0.5, 0.6) is 0 Å². The quantitative estimate of drug-likeness (QED) is 0.623. The third-order valence-corrected chi connectivity index (χ3v) is 0.831. The average molecular weight is 159 g/mol. The number of alkyl carbamates (subject to hydrolysis) is 1. The summed E-state index contributed by atoms with van der Waals surface area (Å²) in [7, 11) is 0. The highest BCUT2D eigenvalue weighted by Gasteiger charge is 2.01. The Balaban J connectivity index is 3.30. The van der Waals surface area contributed by atoms with Crippen LogP contribution >= 0.6 is 0 Å². The van der Waals surface area contributed by atoms with Crippen molar-refractivity contribution in [1.82, 2.24) is 11.1 Å². The van der Waals surface area contributed by atoms with E-state index in [-0.39, 0.29) is 6.54 Å². The van der Waals surface area contributed by atoms with Gasteiger partial charge in [0, 0.05) is 0 Å². The van der Waals surface area contributed by atoms with Gasteiger partial charge >= 0.3 is 6.09 Å². The first-order valence-electron chi connectivity index (χ1n) is 3.32. The molecule has 11 heavy (non-hydrogen) atoms. The SMILES string of the molecule is CCCOC(=O)NCC([NH])=O. The molecule has 0 fully saturated rings. The topological polar surface area (TPSA) is 79.2 Å². The highest BCUT2D eigenvalue weighted by molar-refractivity contribution is 5.79. The van der Waals surface area contributed by atoms with Crippen molar-refractivity contribution in [3.05, 3.63) is 0 Å². The molecule has 1 radical (unpaired) electrons. The van der Waals surface area contributed by atoms with E-state index in [2.05, 4.69) is 10.1 Å². The van der Waals surface area contributed by atoms with Gasteiger partial charge in [0.15, 0.2) is 0 Å². The maximum Gasteiger partial charge on any atom is 0.407 e. The molecule has 0 heterocycles. The summed E-state index contributed by atoms with van der Waals surface area (Å²) in [6.07, 6.45) is 0.0925. The van der Waals surface area contributed by atoms with Crippen LogP contribution < -0.4 is 11.1 Å². The molecule has 0 aromatic carbocycles. The van der Waals surface area contributed by atoms with Crippen molar-refractivity contribution in [3.8, 4) is 0 Å². The van der Waals surface area contributed by atoms with Crippen molar-refractivity contribution in [1.29, 1.82) is 0 Å². The highest BCUT2D eigenvalue weighted by Crippen LogP contribution is 1.80. The summed E-state index contributed by atoms with van der Waals surface area (Å²) >= 11 is 0. The molecular weight excluding hydrogens is 148 g/mol. The first-order valence-corrected chi connectivity index (χ1v) is 3.32. The third kappa shape index (κ3) is 6.63. The number of hydrogen-bond donors (Lipinski definition) is 1. The van der Waals surface area contributed by atoms with Gasteiger partial charge in [-0.3, -0.25) is 10.5 Å². The van der Waals surface area contributed by atoms with E-state index < -0.39 is 12.0 Å². The Morgan fingerprint density at radius 2 is 2.18 bits per heavy atom. The van der Waals surface area contributed by atoms with Crippen LogP contribution in [0.25, 0.3) is 0 Å². The molecule has 0 saturated heterocycles. The molecule has 0 rings (SSSR count). The number of ether oxygens (including phenoxy) is 1. The van der Waals surface area contributed by atoms with Crippen LogP contribution in [-0.4, -0.2) is 25.2 Å². The summed E-state index contributed by atoms with van der Waals surface area (Å²) in [5, 5.41) is 2.12. The molecule has 0 aliphatic carbocycles. The summed E-state index contributed by atoms with van der Waals surface area (Å²) in [4.78, 5) is 20.6. The number of hydrogen-bond acceptors (Lipinski definition) is 3. The summed E-state index contributed by atoms with van der Waals surface area (Å²) in [5.74, 6) is -0.835. The van der Waals surface area contributed by atoms with E-state index in [0.717, 1.165) is 6.42 Å². The summed E-state index contributed by atoms with van der Waals surface area (Å²) in [6, 6.07) is 0. The van der Waals surface area contributed by atoms with E-state index in [9.17, 15) is 9.59 Å². The van der Waals surface area contributed by atoms with Gasteiger partial charge in [-0.15, -0.1) is 0 Å².